The van der Waals surface area contributed by atoms with Crippen molar-refractivity contribution in [2.24, 2.45) is 4.99 Å². The van der Waals surface area contributed by atoms with Crippen LogP contribution in [0.25, 0.3) is 0 Å². The molecule has 1 atom stereocenters. The lowest BCUT2D eigenvalue weighted by Crippen LogP contribution is -2.42. The highest BCUT2D eigenvalue weighted by Crippen LogP contribution is 2.26. The van der Waals surface area contributed by atoms with E-state index in [0.29, 0.717) is 16.6 Å². The van der Waals surface area contributed by atoms with E-state index in [1.165, 1.54) is 18.2 Å². The van der Waals surface area contributed by atoms with E-state index < -0.39 is 17.0 Å². The van der Waals surface area contributed by atoms with E-state index in [0.717, 1.165) is 11.8 Å². The molecule has 1 saturated heterocycles. The van der Waals surface area contributed by atoms with E-state index in [-0.39, 0.29) is 18.0 Å². The summed E-state index contributed by atoms with van der Waals surface area (Å²) in [4.78, 5) is 28.7. The summed E-state index contributed by atoms with van der Waals surface area (Å²) >= 11 is 1.13. The van der Waals surface area contributed by atoms with Crippen LogP contribution in [0.4, 0.5) is 15.8 Å². The van der Waals surface area contributed by atoms with Gasteiger partial charge in [0.25, 0.3) is 0 Å². The van der Waals surface area contributed by atoms with Gasteiger partial charge in [-0.2, -0.15) is 0 Å². The van der Waals surface area contributed by atoms with Gasteiger partial charge in [-0.3, -0.25) is 9.59 Å². The summed E-state index contributed by atoms with van der Waals surface area (Å²) in [5.41, 5.74) is 0.696. The van der Waals surface area contributed by atoms with Crippen LogP contribution in [0.5, 0.6) is 5.75 Å². The molecule has 1 fully saturated rings. The highest BCUT2D eigenvalue weighted by molar-refractivity contribution is 8.15. The van der Waals surface area contributed by atoms with Gasteiger partial charge in [0.15, 0.2) is 5.17 Å². The molecule has 3 rings (SSSR count). The van der Waals surface area contributed by atoms with E-state index in [4.69, 9.17) is 4.74 Å². The number of aliphatic imine (C=N–C) groups is 1. The van der Waals surface area contributed by atoms with Gasteiger partial charge in [-0.15, -0.1) is 0 Å². The maximum absolute atomic E-state index is 13.7. The van der Waals surface area contributed by atoms with Crippen molar-refractivity contribution in [3.63, 3.8) is 0 Å². The van der Waals surface area contributed by atoms with Crippen LogP contribution in [0.3, 0.4) is 0 Å². The van der Waals surface area contributed by atoms with Gasteiger partial charge in [0, 0.05) is 6.42 Å². The molecule has 0 bridgehead atoms. The first kappa shape index (κ1) is 17.9. The highest BCUT2D eigenvalue weighted by Gasteiger charge is 2.30. The number of amidine groups is 1. The standard InChI is InChI=1S/C18H16FN3O3S/c1-25-12-8-6-11(7-9-12)20-18-22-16(23)10-15(26-18)17(24)21-14-5-3-2-4-13(14)19/h2-9,15H,10H2,1H3,(H,21,24)(H,20,22,23)/t15-/m1/s1. The van der Waals surface area contributed by atoms with Crippen LogP contribution in [0, 0.1) is 5.82 Å². The molecule has 0 spiro atoms. The van der Waals surface area contributed by atoms with Crippen LogP contribution < -0.4 is 15.4 Å². The summed E-state index contributed by atoms with van der Waals surface area (Å²) in [6.07, 6.45) is -0.00736. The second-order valence-electron chi connectivity index (χ2n) is 5.44. The summed E-state index contributed by atoms with van der Waals surface area (Å²) in [5, 5.41) is 4.78. The number of benzene rings is 2. The number of rotatable bonds is 4. The summed E-state index contributed by atoms with van der Waals surface area (Å²) in [6, 6.07) is 12.8. The Labute approximate surface area is 153 Å². The molecular formula is C18H16FN3O3S. The maximum atomic E-state index is 13.7. The van der Waals surface area contributed by atoms with Gasteiger partial charge in [0.2, 0.25) is 11.8 Å². The number of amides is 2. The van der Waals surface area contributed by atoms with Crippen LogP contribution in [0.2, 0.25) is 0 Å². The number of halogens is 1. The van der Waals surface area contributed by atoms with Gasteiger partial charge >= 0.3 is 0 Å². The monoisotopic (exact) mass is 373 g/mol. The van der Waals surface area contributed by atoms with Crippen molar-refractivity contribution in [3.8, 4) is 5.75 Å². The van der Waals surface area contributed by atoms with E-state index in [2.05, 4.69) is 15.6 Å². The molecule has 26 heavy (non-hydrogen) atoms. The first-order valence-electron chi connectivity index (χ1n) is 7.80. The molecule has 2 aromatic rings. The van der Waals surface area contributed by atoms with Crippen molar-refractivity contribution in [2.75, 3.05) is 12.4 Å². The lowest BCUT2D eigenvalue weighted by molar-refractivity contribution is -0.123. The Hall–Kier alpha value is -2.87. The number of carbonyl (C=O) groups is 2. The van der Waals surface area contributed by atoms with E-state index in [9.17, 15) is 14.0 Å². The minimum Gasteiger partial charge on any atom is -0.497 e. The summed E-state index contributed by atoms with van der Waals surface area (Å²) in [5.74, 6) is -0.600. The van der Waals surface area contributed by atoms with Gasteiger partial charge in [0.05, 0.1) is 18.5 Å². The van der Waals surface area contributed by atoms with Gasteiger partial charge in [0.1, 0.15) is 16.8 Å². The third-order valence-corrected chi connectivity index (χ3v) is 4.68. The van der Waals surface area contributed by atoms with Crippen molar-refractivity contribution in [1.82, 2.24) is 5.32 Å². The van der Waals surface area contributed by atoms with Gasteiger partial charge in [-0.1, -0.05) is 23.9 Å². The predicted octanol–water partition coefficient (Wildman–Crippen LogP) is 3.08. The Balaban J connectivity index is 1.72. The van der Waals surface area contributed by atoms with Crippen molar-refractivity contribution < 1.29 is 18.7 Å². The first-order chi connectivity index (χ1) is 12.5. The van der Waals surface area contributed by atoms with E-state index in [1.54, 1.807) is 37.4 Å². The van der Waals surface area contributed by atoms with Crippen LogP contribution in [-0.2, 0) is 9.59 Å². The molecule has 1 aliphatic rings. The SMILES string of the molecule is COc1ccc(N=C2NC(=O)C[C@H](C(=O)Nc3ccccc3F)S2)cc1. The lowest BCUT2D eigenvalue weighted by atomic mass is 10.2. The van der Waals surface area contributed by atoms with Crippen molar-refractivity contribution >= 4 is 40.1 Å². The van der Waals surface area contributed by atoms with Crippen molar-refractivity contribution in [2.45, 2.75) is 11.7 Å². The zero-order chi connectivity index (χ0) is 18.5. The number of para-hydroxylation sites is 1. The topological polar surface area (TPSA) is 79.8 Å². The number of hydrogen-bond donors (Lipinski definition) is 2. The summed E-state index contributed by atoms with van der Waals surface area (Å²) < 4.78 is 18.8. The Morgan fingerprint density at radius 1 is 1.27 bits per heavy atom. The number of carbonyl (C=O) groups excluding carboxylic acids is 2. The quantitative estimate of drug-likeness (QED) is 0.863. The molecule has 2 aromatic carbocycles. The average Bonchev–Trinajstić information content (AvgIpc) is 2.64. The Kier molecular flexibility index (Phi) is 5.52. The molecule has 134 valence electrons. The molecule has 2 N–H and O–H groups in total. The Morgan fingerprint density at radius 2 is 2.00 bits per heavy atom. The van der Waals surface area contributed by atoms with Crippen LogP contribution >= 0.6 is 11.8 Å². The highest BCUT2D eigenvalue weighted by atomic mass is 32.2. The molecule has 2 amide bonds. The molecule has 6 nitrogen and oxygen atoms in total. The Morgan fingerprint density at radius 3 is 2.69 bits per heavy atom. The number of thioether (sulfide) groups is 1. The maximum Gasteiger partial charge on any atom is 0.238 e. The summed E-state index contributed by atoms with van der Waals surface area (Å²) in [6.45, 7) is 0. The third kappa shape index (κ3) is 4.40. The number of anilines is 1. The predicted molar refractivity (Wildman–Crippen MR) is 99.3 cm³/mol. The van der Waals surface area contributed by atoms with Gasteiger partial charge in [-0.25, -0.2) is 9.38 Å². The fraction of sp³-hybridized carbons (Fsp3) is 0.167. The minimum atomic E-state index is -0.694. The van der Waals surface area contributed by atoms with Crippen LogP contribution in [-0.4, -0.2) is 29.3 Å². The molecule has 1 heterocycles. The number of hydrogen-bond acceptors (Lipinski definition) is 5. The molecule has 0 aliphatic carbocycles. The smallest absolute Gasteiger partial charge is 0.238 e. The number of methoxy groups -OCH3 is 1. The molecule has 8 heteroatoms. The number of nitrogens with zero attached hydrogens (tertiary/aromatic N) is 1. The fourth-order valence-corrected chi connectivity index (χ4v) is 3.30. The molecule has 0 radical (unpaired) electrons. The van der Waals surface area contributed by atoms with Crippen molar-refractivity contribution in [1.29, 1.82) is 0 Å². The first-order valence-corrected chi connectivity index (χ1v) is 8.68. The van der Waals surface area contributed by atoms with Gasteiger partial charge in [-0.05, 0) is 36.4 Å². The molecule has 0 saturated carbocycles. The minimum absolute atomic E-state index is 0.00736. The summed E-state index contributed by atoms with van der Waals surface area (Å²) in [7, 11) is 1.57. The molecule has 0 unspecified atom stereocenters. The Bertz CT molecular complexity index is 855. The molecular weight excluding hydrogens is 357 g/mol. The zero-order valence-corrected chi connectivity index (χ0v) is 14.7. The second kappa shape index (κ2) is 8.01. The molecule has 0 aromatic heterocycles. The lowest BCUT2D eigenvalue weighted by Gasteiger charge is -2.22. The largest absolute Gasteiger partial charge is 0.497 e. The van der Waals surface area contributed by atoms with Gasteiger partial charge < -0.3 is 15.4 Å². The van der Waals surface area contributed by atoms with Crippen LogP contribution in [0.1, 0.15) is 6.42 Å². The number of nitrogens with one attached hydrogen (secondary N) is 2. The zero-order valence-electron chi connectivity index (χ0n) is 13.9. The fourth-order valence-electron chi connectivity index (χ4n) is 2.29. The normalized spacial score (nSPS) is 18.3. The second-order valence-corrected chi connectivity index (χ2v) is 6.63. The molecule has 1 aliphatic heterocycles. The number of ether oxygens (including phenoxy) is 1. The average molecular weight is 373 g/mol. The van der Waals surface area contributed by atoms with E-state index in [1.807, 2.05) is 0 Å². The van der Waals surface area contributed by atoms with Crippen molar-refractivity contribution in [3.05, 3.63) is 54.3 Å². The van der Waals surface area contributed by atoms with Crippen LogP contribution in [0.15, 0.2) is 53.5 Å². The third-order valence-electron chi connectivity index (χ3n) is 3.60. The van der Waals surface area contributed by atoms with E-state index >= 15 is 0 Å².